The molecule has 5 heteroatoms. The Balaban J connectivity index is 2.25. The minimum absolute atomic E-state index is 0.444. The maximum Gasteiger partial charge on any atom is 0.135 e. The third-order valence-corrected chi connectivity index (χ3v) is 2.92. The van der Waals surface area contributed by atoms with Crippen molar-refractivity contribution in [3.63, 3.8) is 0 Å². The van der Waals surface area contributed by atoms with Crippen LogP contribution in [-0.4, -0.2) is 17.1 Å². The Labute approximate surface area is 117 Å². The first kappa shape index (κ1) is 13.6. The predicted molar refractivity (Wildman–Crippen MR) is 77.4 cm³/mol. The molecule has 2 aromatic rings. The lowest BCUT2D eigenvalue weighted by molar-refractivity contribution is 0.412. The number of hydrogen-bond acceptors (Lipinski definition) is 4. The molecule has 4 nitrogen and oxygen atoms in total. The van der Waals surface area contributed by atoms with Gasteiger partial charge in [-0.1, -0.05) is 18.5 Å². The smallest absolute Gasteiger partial charge is 0.135 e. The van der Waals surface area contributed by atoms with Gasteiger partial charge in [0.1, 0.15) is 22.5 Å². The van der Waals surface area contributed by atoms with Crippen molar-refractivity contribution in [1.82, 2.24) is 9.97 Å². The molecule has 0 aliphatic heterocycles. The third kappa shape index (κ3) is 3.35. The Morgan fingerprint density at radius 2 is 2.05 bits per heavy atom. The monoisotopic (exact) mass is 277 g/mol. The number of hydrogen-bond donors (Lipinski definition) is 1. The number of methoxy groups -OCH3 is 1. The Morgan fingerprint density at radius 1 is 1.26 bits per heavy atom. The van der Waals surface area contributed by atoms with Crippen molar-refractivity contribution in [3.8, 4) is 5.75 Å². The van der Waals surface area contributed by atoms with E-state index in [0.717, 1.165) is 29.2 Å². The first-order valence-corrected chi connectivity index (χ1v) is 6.45. The lowest BCUT2D eigenvalue weighted by Crippen LogP contribution is -2.00. The summed E-state index contributed by atoms with van der Waals surface area (Å²) in [5, 5.41) is 3.66. The number of rotatable bonds is 4. The van der Waals surface area contributed by atoms with Gasteiger partial charge >= 0.3 is 0 Å². The van der Waals surface area contributed by atoms with Crippen LogP contribution in [0.1, 0.15) is 18.3 Å². The molecule has 0 radical (unpaired) electrons. The summed E-state index contributed by atoms with van der Waals surface area (Å²) in [5.74, 6) is 2.28. The number of anilines is 2. The van der Waals surface area contributed by atoms with Crippen molar-refractivity contribution in [2.45, 2.75) is 20.3 Å². The molecule has 0 unspecified atom stereocenters. The minimum atomic E-state index is 0.444. The molecule has 0 spiro atoms. The molecule has 0 amide bonds. The molecule has 0 atom stereocenters. The van der Waals surface area contributed by atoms with Crippen molar-refractivity contribution in [1.29, 1.82) is 0 Å². The molecule has 1 heterocycles. The normalized spacial score (nSPS) is 10.3. The van der Waals surface area contributed by atoms with Gasteiger partial charge in [0.05, 0.1) is 7.11 Å². The number of benzene rings is 1. The van der Waals surface area contributed by atoms with Gasteiger partial charge in [-0.15, -0.1) is 0 Å². The standard InChI is InChI=1S/C14H16ClN3O/c1-4-13-17-12(15)8-14(18-13)16-10-5-6-11(19-3)9(2)7-10/h5-8H,4H2,1-3H3,(H,16,17,18). The summed E-state index contributed by atoms with van der Waals surface area (Å²) >= 11 is 5.96. The van der Waals surface area contributed by atoms with E-state index in [4.69, 9.17) is 16.3 Å². The Bertz CT molecular complexity index is 587. The van der Waals surface area contributed by atoms with Crippen LogP contribution in [0.2, 0.25) is 5.15 Å². The summed E-state index contributed by atoms with van der Waals surface area (Å²) in [6.45, 7) is 3.99. The van der Waals surface area contributed by atoms with Gasteiger partial charge in [0.2, 0.25) is 0 Å². The number of nitrogens with one attached hydrogen (secondary N) is 1. The summed E-state index contributed by atoms with van der Waals surface area (Å²) in [4.78, 5) is 8.51. The molecule has 0 aliphatic carbocycles. The summed E-state index contributed by atoms with van der Waals surface area (Å²) in [6, 6.07) is 7.56. The first-order valence-electron chi connectivity index (χ1n) is 6.07. The lowest BCUT2D eigenvalue weighted by atomic mass is 10.2. The molecule has 2 rings (SSSR count). The predicted octanol–water partition coefficient (Wildman–Crippen LogP) is 3.75. The second kappa shape index (κ2) is 5.89. The van der Waals surface area contributed by atoms with Crippen LogP contribution in [0.3, 0.4) is 0 Å². The summed E-state index contributed by atoms with van der Waals surface area (Å²) in [5.41, 5.74) is 2.00. The number of nitrogens with zero attached hydrogens (tertiary/aromatic N) is 2. The van der Waals surface area contributed by atoms with Crippen molar-refractivity contribution < 1.29 is 4.74 Å². The van der Waals surface area contributed by atoms with Gasteiger partial charge in [-0.3, -0.25) is 0 Å². The molecule has 0 aliphatic rings. The molecule has 100 valence electrons. The lowest BCUT2D eigenvalue weighted by Gasteiger charge is -2.10. The molecule has 0 bridgehead atoms. The van der Waals surface area contributed by atoms with Gasteiger partial charge in [-0.05, 0) is 30.7 Å². The van der Waals surface area contributed by atoms with Gasteiger partial charge < -0.3 is 10.1 Å². The van der Waals surface area contributed by atoms with E-state index in [1.807, 2.05) is 32.0 Å². The zero-order valence-electron chi connectivity index (χ0n) is 11.2. The maximum absolute atomic E-state index is 5.96. The van der Waals surface area contributed by atoms with Crippen LogP contribution in [0.25, 0.3) is 0 Å². The fourth-order valence-corrected chi connectivity index (χ4v) is 1.99. The van der Waals surface area contributed by atoms with Gasteiger partial charge in [-0.25, -0.2) is 9.97 Å². The molecule has 19 heavy (non-hydrogen) atoms. The summed E-state index contributed by atoms with van der Waals surface area (Å²) in [7, 11) is 1.66. The van der Waals surface area contributed by atoms with Crippen LogP contribution in [0.4, 0.5) is 11.5 Å². The first-order chi connectivity index (χ1) is 9.12. The molecule has 0 saturated heterocycles. The number of aromatic nitrogens is 2. The van der Waals surface area contributed by atoms with Crippen molar-refractivity contribution in [2.24, 2.45) is 0 Å². The highest BCUT2D eigenvalue weighted by atomic mass is 35.5. The fourth-order valence-electron chi connectivity index (χ4n) is 1.79. The highest BCUT2D eigenvalue weighted by Crippen LogP contribution is 2.24. The van der Waals surface area contributed by atoms with E-state index in [1.54, 1.807) is 13.2 Å². The molecular weight excluding hydrogens is 262 g/mol. The topological polar surface area (TPSA) is 47.0 Å². The van der Waals surface area contributed by atoms with Crippen LogP contribution in [0, 0.1) is 6.92 Å². The van der Waals surface area contributed by atoms with Crippen LogP contribution in [0.15, 0.2) is 24.3 Å². The molecule has 0 saturated carbocycles. The van der Waals surface area contributed by atoms with Crippen LogP contribution < -0.4 is 10.1 Å². The van der Waals surface area contributed by atoms with E-state index in [9.17, 15) is 0 Å². The molecular formula is C14H16ClN3O. The average Bonchev–Trinajstić information content (AvgIpc) is 2.38. The quantitative estimate of drug-likeness (QED) is 0.865. The third-order valence-electron chi connectivity index (χ3n) is 2.72. The van der Waals surface area contributed by atoms with Crippen LogP contribution >= 0.6 is 11.6 Å². The summed E-state index contributed by atoms with van der Waals surface area (Å²) in [6.07, 6.45) is 0.747. The highest BCUT2D eigenvalue weighted by Gasteiger charge is 2.04. The fraction of sp³-hybridized carbons (Fsp3) is 0.286. The van der Waals surface area contributed by atoms with Gasteiger partial charge in [-0.2, -0.15) is 0 Å². The second-order valence-electron chi connectivity index (χ2n) is 4.16. The maximum atomic E-state index is 5.96. The van der Waals surface area contributed by atoms with Crippen molar-refractivity contribution in [2.75, 3.05) is 12.4 Å². The van der Waals surface area contributed by atoms with E-state index in [2.05, 4.69) is 15.3 Å². The minimum Gasteiger partial charge on any atom is -0.496 e. The van der Waals surface area contributed by atoms with E-state index in [-0.39, 0.29) is 0 Å². The molecule has 1 N–H and O–H groups in total. The SMILES string of the molecule is CCc1nc(Cl)cc(Nc2ccc(OC)c(C)c2)n1. The zero-order valence-corrected chi connectivity index (χ0v) is 12.0. The molecule has 1 aromatic carbocycles. The largest absolute Gasteiger partial charge is 0.496 e. The van der Waals surface area contributed by atoms with E-state index in [0.29, 0.717) is 11.0 Å². The molecule has 1 aromatic heterocycles. The van der Waals surface area contributed by atoms with E-state index >= 15 is 0 Å². The Kier molecular flexibility index (Phi) is 4.22. The Morgan fingerprint density at radius 3 is 2.68 bits per heavy atom. The highest BCUT2D eigenvalue weighted by molar-refractivity contribution is 6.29. The second-order valence-corrected chi connectivity index (χ2v) is 4.54. The summed E-state index contributed by atoms with van der Waals surface area (Å²) < 4.78 is 5.23. The van der Waals surface area contributed by atoms with Gasteiger partial charge in [0.25, 0.3) is 0 Å². The number of aryl methyl sites for hydroxylation is 2. The molecule has 0 fully saturated rings. The zero-order chi connectivity index (χ0) is 13.8. The van der Waals surface area contributed by atoms with Crippen molar-refractivity contribution >= 4 is 23.1 Å². The van der Waals surface area contributed by atoms with Gasteiger partial charge in [0.15, 0.2) is 0 Å². The number of ether oxygens (including phenoxy) is 1. The van der Waals surface area contributed by atoms with Crippen LogP contribution in [-0.2, 0) is 6.42 Å². The Hall–Kier alpha value is -1.81. The van der Waals surface area contributed by atoms with Gasteiger partial charge in [0, 0.05) is 18.2 Å². The van der Waals surface area contributed by atoms with E-state index in [1.165, 1.54) is 0 Å². The average molecular weight is 278 g/mol. The van der Waals surface area contributed by atoms with Crippen LogP contribution in [0.5, 0.6) is 5.75 Å². The number of halogens is 1. The van der Waals surface area contributed by atoms with E-state index < -0.39 is 0 Å². The van der Waals surface area contributed by atoms with Crippen molar-refractivity contribution in [3.05, 3.63) is 40.8 Å².